The summed E-state index contributed by atoms with van der Waals surface area (Å²) in [5, 5.41) is 9.80. The number of piperidine rings is 1. The van der Waals surface area contributed by atoms with Crippen LogP contribution in [0.15, 0.2) is 59.6 Å². The number of nitrogens with one attached hydrogen (secondary N) is 3. The third-order valence-corrected chi connectivity index (χ3v) is 5.60. The summed E-state index contributed by atoms with van der Waals surface area (Å²) in [4.78, 5) is 30.6. The van der Waals surface area contributed by atoms with Gasteiger partial charge in [-0.05, 0) is 30.5 Å². The fourth-order valence-electron chi connectivity index (χ4n) is 4.09. The van der Waals surface area contributed by atoms with Gasteiger partial charge in [0.15, 0.2) is 0 Å². The van der Waals surface area contributed by atoms with Gasteiger partial charge < -0.3 is 20.9 Å². The Hall–Kier alpha value is -3.35. The lowest BCUT2D eigenvalue weighted by molar-refractivity contribution is -0.133. The van der Waals surface area contributed by atoms with E-state index >= 15 is 0 Å². The minimum atomic E-state index is -0.479. The maximum absolute atomic E-state index is 12.7. The first-order valence-electron chi connectivity index (χ1n) is 10.3. The third kappa shape index (κ3) is 4.30. The van der Waals surface area contributed by atoms with Gasteiger partial charge in [0.25, 0.3) is 0 Å². The number of rotatable bonds is 4. The van der Waals surface area contributed by atoms with Gasteiger partial charge in [-0.2, -0.15) is 0 Å². The van der Waals surface area contributed by atoms with Crippen molar-refractivity contribution in [3.63, 3.8) is 0 Å². The molecule has 7 nitrogen and oxygen atoms in total. The first-order chi connectivity index (χ1) is 14.6. The number of hydrogen-bond acceptors (Lipinski definition) is 4. The monoisotopic (exact) mass is 405 g/mol. The minimum Gasteiger partial charge on any atom is -0.370 e. The molecule has 7 heteroatoms. The van der Waals surface area contributed by atoms with Crippen LogP contribution in [0.5, 0.6) is 0 Å². The average molecular weight is 406 g/mol. The number of fused-ring (bicyclic) bond motifs is 1. The number of hydrogen-bond donors (Lipinski definition) is 3. The zero-order chi connectivity index (χ0) is 21.0. The first kappa shape index (κ1) is 19.9. The highest BCUT2D eigenvalue weighted by Crippen LogP contribution is 2.36. The van der Waals surface area contributed by atoms with E-state index in [0.717, 1.165) is 35.6 Å². The molecule has 1 atom stereocenters. The topological polar surface area (TPSA) is 85.8 Å². The lowest BCUT2D eigenvalue weighted by Crippen LogP contribution is -2.63. The molecular weight excluding hydrogens is 378 g/mol. The van der Waals surface area contributed by atoms with Crippen LogP contribution in [0.25, 0.3) is 0 Å². The molecule has 2 aliphatic rings. The van der Waals surface area contributed by atoms with E-state index in [2.05, 4.69) is 28.1 Å². The summed E-state index contributed by atoms with van der Waals surface area (Å²) < 4.78 is 0. The number of para-hydroxylation sites is 2. The molecule has 0 radical (unpaired) electrons. The Bertz CT molecular complexity index is 959. The van der Waals surface area contributed by atoms with Crippen LogP contribution in [0.4, 0.5) is 11.4 Å². The van der Waals surface area contributed by atoms with Crippen molar-refractivity contribution in [3.8, 4) is 0 Å². The number of amidine groups is 1. The molecule has 4 rings (SSSR count). The van der Waals surface area contributed by atoms with Crippen molar-refractivity contribution in [1.82, 2.24) is 10.2 Å². The summed E-state index contributed by atoms with van der Waals surface area (Å²) >= 11 is 0. The van der Waals surface area contributed by atoms with Crippen molar-refractivity contribution in [2.45, 2.75) is 31.8 Å². The van der Waals surface area contributed by atoms with Crippen molar-refractivity contribution in [2.75, 3.05) is 30.3 Å². The normalized spacial score (nSPS) is 21.5. The predicted molar refractivity (Wildman–Crippen MR) is 118 cm³/mol. The molecule has 3 N–H and O–H groups in total. The van der Waals surface area contributed by atoms with Gasteiger partial charge in [-0.25, -0.2) is 0 Å². The summed E-state index contributed by atoms with van der Waals surface area (Å²) in [5.74, 6) is 0.570. The molecule has 0 saturated carbocycles. The van der Waals surface area contributed by atoms with E-state index in [1.165, 1.54) is 6.92 Å². The number of anilines is 2. The number of likely N-dealkylation sites (tertiary alicyclic amines) is 1. The zero-order valence-electron chi connectivity index (χ0n) is 17.1. The second kappa shape index (κ2) is 8.57. The number of amides is 2. The van der Waals surface area contributed by atoms with Gasteiger partial charge >= 0.3 is 0 Å². The maximum Gasteiger partial charge on any atom is 0.242 e. The van der Waals surface area contributed by atoms with Crippen LogP contribution in [0.2, 0.25) is 0 Å². The first-order valence-corrected chi connectivity index (χ1v) is 10.3. The van der Waals surface area contributed by atoms with Crippen LogP contribution in [-0.2, 0) is 16.1 Å². The fraction of sp³-hybridized carbons (Fsp3) is 0.348. The number of aliphatic imine (C=N–C) groups is 1. The Morgan fingerprint density at radius 2 is 1.83 bits per heavy atom. The predicted octanol–water partition coefficient (Wildman–Crippen LogP) is 2.62. The Kier molecular flexibility index (Phi) is 5.70. The number of nitrogens with zero attached hydrogens (tertiary/aromatic N) is 2. The molecule has 1 unspecified atom stereocenters. The van der Waals surface area contributed by atoms with Crippen LogP contribution < -0.4 is 16.0 Å². The summed E-state index contributed by atoms with van der Waals surface area (Å²) in [5.41, 5.74) is 2.65. The van der Waals surface area contributed by atoms with Crippen molar-refractivity contribution in [3.05, 3.63) is 60.2 Å². The van der Waals surface area contributed by atoms with Crippen molar-refractivity contribution in [1.29, 1.82) is 0 Å². The van der Waals surface area contributed by atoms with Gasteiger partial charge in [0, 0.05) is 13.5 Å². The molecule has 2 heterocycles. The Labute approximate surface area is 176 Å². The second-order valence-electron chi connectivity index (χ2n) is 7.86. The van der Waals surface area contributed by atoms with Gasteiger partial charge in [-0.3, -0.25) is 14.6 Å². The highest BCUT2D eigenvalue weighted by Gasteiger charge is 2.44. The Morgan fingerprint density at radius 3 is 2.60 bits per heavy atom. The second-order valence-corrected chi connectivity index (χ2v) is 7.86. The van der Waals surface area contributed by atoms with Crippen LogP contribution >= 0.6 is 0 Å². The lowest BCUT2D eigenvalue weighted by atomic mass is 9.85. The molecule has 1 spiro atoms. The molecule has 2 aromatic carbocycles. The third-order valence-electron chi connectivity index (χ3n) is 5.60. The number of carbonyl (C=O) groups excluding carboxylic acids is 2. The fourth-order valence-corrected chi connectivity index (χ4v) is 4.09. The molecule has 0 bridgehead atoms. The molecule has 0 aromatic heterocycles. The molecule has 156 valence electrons. The van der Waals surface area contributed by atoms with E-state index in [1.807, 2.05) is 47.4 Å². The van der Waals surface area contributed by atoms with E-state index in [1.54, 1.807) is 0 Å². The number of carbonyl (C=O) groups is 2. The van der Waals surface area contributed by atoms with Gasteiger partial charge in [0.1, 0.15) is 11.4 Å². The molecule has 0 aliphatic carbocycles. The maximum atomic E-state index is 12.7. The van der Waals surface area contributed by atoms with Crippen LogP contribution in [0, 0.1) is 0 Å². The molecule has 1 saturated heterocycles. The van der Waals surface area contributed by atoms with E-state index in [9.17, 15) is 9.59 Å². The SMILES string of the molecule is CC(=O)NCC(=O)N1CCCC2(C1)Nc1ccccc1NC2=NCc1ccccc1. The molecule has 30 heavy (non-hydrogen) atoms. The van der Waals surface area contributed by atoms with E-state index in [-0.39, 0.29) is 18.4 Å². The van der Waals surface area contributed by atoms with E-state index in [4.69, 9.17) is 4.99 Å². The van der Waals surface area contributed by atoms with Crippen LogP contribution in [0.3, 0.4) is 0 Å². The Balaban J connectivity index is 1.61. The molecular formula is C23H27N5O2. The summed E-state index contributed by atoms with van der Waals surface area (Å²) in [7, 11) is 0. The molecule has 2 aliphatic heterocycles. The van der Waals surface area contributed by atoms with Gasteiger partial charge in [0.05, 0.1) is 31.0 Å². The zero-order valence-corrected chi connectivity index (χ0v) is 17.1. The van der Waals surface area contributed by atoms with E-state index < -0.39 is 5.54 Å². The summed E-state index contributed by atoms with van der Waals surface area (Å²) in [6.07, 6.45) is 1.72. The Morgan fingerprint density at radius 1 is 1.10 bits per heavy atom. The smallest absolute Gasteiger partial charge is 0.242 e. The quantitative estimate of drug-likeness (QED) is 0.730. The lowest BCUT2D eigenvalue weighted by Gasteiger charge is -2.47. The molecule has 2 aromatic rings. The highest BCUT2D eigenvalue weighted by molar-refractivity contribution is 6.10. The van der Waals surface area contributed by atoms with Crippen molar-refractivity contribution < 1.29 is 9.59 Å². The average Bonchev–Trinajstić information content (AvgIpc) is 2.76. The largest absolute Gasteiger partial charge is 0.370 e. The summed E-state index contributed by atoms with van der Waals surface area (Å²) in [6.45, 7) is 3.18. The summed E-state index contributed by atoms with van der Waals surface area (Å²) in [6, 6.07) is 18.2. The standard InChI is InChI=1S/C23H27N5O2/c1-17(29)24-15-21(30)28-13-7-12-23(16-28)22(25-14-18-8-3-2-4-9-18)26-19-10-5-6-11-20(19)27-23/h2-6,8-11,27H,7,12-16H2,1H3,(H,24,29)(H,25,26). The molecule has 2 amide bonds. The van der Waals surface area contributed by atoms with E-state index in [0.29, 0.717) is 19.6 Å². The highest BCUT2D eigenvalue weighted by atomic mass is 16.2. The van der Waals surface area contributed by atoms with Gasteiger partial charge in [0.2, 0.25) is 11.8 Å². The van der Waals surface area contributed by atoms with Gasteiger partial charge in [-0.15, -0.1) is 0 Å². The van der Waals surface area contributed by atoms with Gasteiger partial charge in [-0.1, -0.05) is 42.5 Å². The van der Waals surface area contributed by atoms with Crippen LogP contribution in [-0.4, -0.2) is 47.7 Å². The minimum absolute atomic E-state index is 0.0198. The number of benzene rings is 2. The van der Waals surface area contributed by atoms with Crippen molar-refractivity contribution in [2.24, 2.45) is 4.99 Å². The van der Waals surface area contributed by atoms with Crippen molar-refractivity contribution >= 4 is 29.0 Å². The van der Waals surface area contributed by atoms with Crippen LogP contribution in [0.1, 0.15) is 25.3 Å². The molecule has 1 fully saturated rings.